The Morgan fingerprint density at radius 1 is 1.50 bits per heavy atom. The second-order valence-electron chi connectivity index (χ2n) is 2.23. The van der Waals surface area contributed by atoms with Gasteiger partial charge in [-0.2, -0.15) is 5.10 Å². The molecule has 0 aliphatic rings. The highest BCUT2D eigenvalue weighted by atomic mass is 79.9. The lowest BCUT2D eigenvalue weighted by Crippen LogP contribution is -1.87. The maximum atomic E-state index is 5.10. The lowest BCUT2D eigenvalue weighted by atomic mass is 10.4. The Morgan fingerprint density at radius 3 is 2.83 bits per heavy atom. The van der Waals surface area contributed by atoms with Crippen LogP contribution in [0.1, 0.15) is 0 Å². The summed E-state index contributed by atoms with van der Waals surface area (Å²) in [6, 6.07) is 1.81. The minimum Gasteiger partial charge on any atom is -0.409 e. The molecule has 2 heterocycles. The van der Waals surface area contributed by atoms with E-state index in [1.54, 1.807) is 10.7 Å². The fourth-order valence-electron chi connectivity index (χ4n) is 0.838. The molecular formula is C6H5BrN4O. The van der Waals surface area contributed by atoms with Gasteiger partial charge in [-0.05, 0) is 6.07 Å². The van der Waals surface area contributed by atoms with E-state index in [1.165, 1.54) is 0 Å². The standard InChI is InChI=1S/C6H5BrN4O/c1-11-3-2-4(10-11)5-8-9-6(7)12-5/h2-3H,1H3. The average molecular weight is 229 g/mol. The topological polar surface area (TPSA) is 56.7 Å². The molecule has 12 heavy (non-hydrogen) atoms. The molecule has 0 saturated heterocycles. The first kappa shape index (κ1) is 7.48. The van der Waals surface area contributed by atoms with Gasteiger partial charge in [0.25, 0.3) is 10.7 Å². The van der Waals surface area contributed by atoms with Crippen LogP contribution in [0, 0.1) is 0 Å². The number of hydrogen-bond donors (Lipinski definition) is 0. The summed E-state index contributed by atoms with van der Waals surface area (Å²) in [5.41, 5.74) is 0.677. The molecule has 0 amide bonds. The van der Waals surface area contributed by atoms with Crippen LogP contribution in [0.15, 0.2) is 21.5 Å². The molecule has 0 spiro atoms. The summed E-state index contributed by atoms with van der Waals surface area (Å²) in [6.07, 6.45) is 1.81. The van der Waals surface area contributed by atoms with E-state index in [0.717, 1.165) is 0 Å². The Kier molecular flexibility index (Phi) is 1.69. The zero-order valence-electron chi connectivity index (χ0n) is 6.23. The molecule has 0 bridgehead atoms. The fraction of sp³-hybridized carbons (Fsp3) is 0.167. The van der Waals surface area contributed by atoms with Crippen molar-refractivity contribution in [3.8, 4) is 11.6 Å². The Hall–Kier alpha value is -1.17. The van der Waals surface area contributed by atoms with E-state index >= 15 is 0 Å². The van der Waals surface area contributed by atoms with Crippen molar-refractivity contribution in [1.29, 1.82) is 0 Å². The van der Waals surface area contributed by atoms with Crippen molar-refractivity contribution < 1.29 is 4.42 Å². The Bertz CT molecular complexity index is 355. The van der Waals surface area contributed by atoms with Crippen molar-refractivity contribution in [1.82, 2.24) is 20.0 Å². The molecule has 2 aromatic heterocycles. The number of halogens is 1. The molecule has 0 aliphatic carbocycles. The molecule has 2 aromatic rings. The number of nitrogens with zero attached hydrogens (tertiary/aromatic N) is 4. The van der Waals surface area contributed by atoms with Crippen molar-refractivity contribution in [3.05, 3.63) is 17.1 Å². The quantitative estimate of drug-likeness (QED) is 0.737. The van der Waals surface area contributed by atoms with Crippen molar-refractivity contribution in [2.45, 2.75) is 0 Å². The zero-order valence-corrected chi connectivity index (χ0v) is 7.82. The zero-order chi connectivity index (χ0) is 8.55. The summed E-state index contributed by atoms with van der Waals surface area (Å²) < 4.78 is 6.78. The highest BCUT2D eigenvalue weighted by molar-refractivity contribution is 9.10. The first-order valence-electron chi connectivity index (χ1n) is 3.25. The third kappa shape index (κ3) is 1.25. The molecule has 2 rings (SSSR count). The van der Waals surface area contributed by atoms with E-state index in [2.05, 4.69) is 31.2 Å². The normalized spacial score (nSPS) is 10.5. The highest BCUT2D eigenvalue weighted by Gasteiger charge is 2.08. The summed E-state index contributed by atoms with van der Waals surface area (Å²) in [6.45, 7) is 0. The molecule has 0 saturated carbocycles. The van der Waals surface area contributed by atoms with Gasteiger partial charge in [0.05, 0.1) is 0 Å². The molecule has 0 fully saturated rings. The summed E-state index contributed by atoms with van der Waals surface area (Å²) in [4.78, 5) is 0.364. The maximum absolute atomic E-state index is 5.10. The molecule has 0 N–H and O–H groups in total. The molecule has 0 atom stereocenters. The Morgan fingerprint density at radius 2 is 2.33 bits per heavy atom. The monoisotopic (exact) mass is 228 g/mol. The summed E-state index contributed by atoms with van der Waals surface area (Å²) in [5, 5.41) is 11.5. The number of aryl methyl sites for hydroxylation is 1. The van der Waals surface area contributed by atoms with E-state index in [9.17, 15) is 0 Å². The van der Waals surface area contributed by atoms with Gasteiger partial charge in [-0.25, -0.2) is 0 Å². The van der Waals surface area contributed by atoms with Gasteiger partial charge >= 0.3 is 0 Å². The van der Waals surface area contributed by atoms with Crippen molar-refractivity contribution in [3.63, 3.8) is 0 Å². The van der Waals surface area contributed by atoms with Gasteiger partial charge in [0, 0.05) is 29.2 Å². The van der Waals surface area contributed by atoms with Crippen LogP contribution >= 0.6 is 15.9 Å². The van der Waals surface area contributed by atoms with E-state index in [0.29, 0.717) is 16.4 Å². The van der Waals surface area contributed by atoms with Gasteiger partial charge in [-0.3, -0.25) is 4.68 Å². The van der Waals surface area contributed by atoms with E-state index in [-0.39, 0.29) is 0 Å². The van der Waals surface area contributed by atoms with Gasteiger partial charge in [0.15, 0.2) is 0 Å². The minimum atomic E-state index is 0.364. The molecule has 0 aliphatic heterocycles. The smallest absolute Gasteiger partial charge is 0.285 e. The third-order valence-corrected chi connectivity index (χ3v) is 1.65. The van der Waals surface area contributed by atoms with Gasteiger partial charge < -0.3 is 4.42 Å². The van der Waals surface area contributed by atoms with Crippen LogP contribution in [0.3, 0.4) is 0 Å². The van der Waals surface area contributed by atoms with Crippen molar-refractivity contribution in [2.75, 3.05) is 0 Å². The fourth-order valence-corrected chi connectivity index (χ4v) is 1.07. The number of hydrogen-bond acceptors (Lipinski definition) is 4. The Labute approximate surface area is 76.5 Å². The minimum absolute atomic E-state index is 0.364. The summed E-state index contributed by atoms with van der Waals surface area (Å²) in [5.74, 6) is 0.419. The van der Waals surface area contributed by atoms with Crippen molar-refractivity contribution >= 4 is 15.9 Å². The second-order valence-corrected chi connectivity index (χ2v) is 2.91. The lowest BCUT2D eigenvalue weighted by Gasteiger charge is -1.84. The molecule has 0 aromatic carbocycles. The van der Waals surface area contributed by atoms with E-state index in [1.807, 2.05) is 13.2 Å². The van der Waals surface area contributed by atoms with Gasteiger partial charge in [-0.1, -0.05) is 0 Å². The van der Waals surface area contributed by atoms with Crippen LogP contribution < -0.4 is 0 Å². The molecule has 0 radical (unpaired) electrons. The summed E-state index contributed by atoms with van der Waals surface area (Å²) >= 11 is 3.06. The number of rotatable bonds is 1. The predicted molar refractivity (Wildman–Crippen MR) is 44.2 cm³/mol. The molecule has 5 nitrogen and oxygen atoms in total. The second kappa shape index (κ2) is 2.71. The molecular weight excluding hydrogens is 224 g/mol. The molecule has 62 valence electrons. The first-order valence-corrected chi connectivity index (χ1v) is 4.04. The van der Waals surface area contributed by atoms with Crippen LogP contribution in [0.4, 0.5) is 0 Å². The van der Waals surface area contributed by atoms with E-state index < -0.39 is 0 Å². The SMILES string of the molecule is Cn1ccc(-c2nnc(Br)o2)n1. The number of aromatic nitrogens is 4. The van der Waals surface area contributed by atoms with Crippen LogP contribution in [-0.2, 0) is 7.05 Å². The summed E-state index contributed by atoms with van der Waals surface area (Å²) in [7, 11) is 1.83. The van der Waals surface area contributed by atoms with E-state index in [4.69, 9.17) is 4.42 Å². The largest absolute Gasteiger partial charge is 0.409 e. The van der Waals surface area contributed by atoms with Crippen LogP contribution in [0.2, 0.25) is 0 Å². The highest BCUT2D eigenvalue weighted by Crippen LogP contribution is 2.17. The van der Waals surface area contributed by atoms with Crippen LogP contribution in [-0.4, -0.2) is 20.0 Å². The lowest BCUT2D eigenvalue weighted by molar-refractivity contribution is 0.537. The third-order valence-electron chi connectivity index (χ3n) is 1.33. The van der Waals surface area contributed by atoms with Crippen LogP contribution in [0.25, 0.3) is 11.6 Å². The predicted octanol–water partition coefficient (Wildman–Crippen LogP) is 1.23. The van der Waals surface area contributed by atoms with Gasteiger partial charge in [0.1, 0.15) is 5.69 Å². The van der Waals surface area contributed by atoms with Gasteiger partial charge in [0.2, 0.25) is 0 Å². The van der Waals surface area contributed by atoms with Crippen molar-refractivity contribution in [2.24, 2.45) is 7.05 Å². The maximum Gasteiger partial charge on any atom is 0.285 e. The molecule has 6 heteroatoms. The molecule has 0 unspecified atom stereocenters. The van der Waals surface area contributed by atoms with Gasteiger partial charge in [-0.15, -0.1) is 10.2 Å². The Balaban J connectivity index is 2.43. The van der Waals surface area contributed by atoms with Crippen LogP contribution in [0.5, 0.6) is 0 Å². The average Bonchev–Trinajstić information content (AvgIpc) is 2.58. The first-order chi connectivity index (χ1) is 5.75.